The molecule has 0 fully saturated rings. The summed E-state index contributed by atoms with van der Waals surface area (Å²) >= 11 is 0. The van der Waals surface area contributed by atoms with E-state index in [2.05, 4.69) is 9.73 Å². The van der Waals surface area contributed by atoms with Gasteiger partial charge in [-0.2, -0.15) is 4.39 Å². The first kappa shape index (κ1) is 4.49. The summed E-state index contributed by atoms with van der Waals surface area (Å²) in [7, 11) is 0. The van der Waals surface area contributed by atoms with E-state index in [1.54, 1.807) is 0 Å². The molecule has 2 atom stereocenters. The second-order valence-electron chi connectivity index (χ2n) is 1.11. The van der Waals surface area contributed by atoms with Crippen LogP contribution >= 0.6 is 0 Å². The van der Waals surface area contributed by atoms with Crippen molar-refractivity contribution in [1.82, 2.24) is 0 Å². The molecule has 7 heavy (non-hydrogen) atoms. The van der Waals surface area contributed by atoms with Crippen molar-refractivity contribution in [1.29, 1.82) is 0 Å². The fraction of sp³-hybridized carbons (Fsp3) is 0.667. The number of alkyl halides is 2. The van der Waals surface area contributed by atoms with E-state index < -0.39 is 12.7 Å². The van der Waals surface area contributed by atoms with Crippen molar-refractivity contribution in [3.05, 3.63) is 0 Å². The Hall–Kier alpha value is -0.670. The van der Waals surface area contributed by atoms with Crippen LogP contribution in [0.2, 0.25) is 0 Å². The minimum absolute atomic E-state index is 0.773. The Kier molecular flexibility index (Phi) is 0.923. The molecule has 2 unspecified atom stereocenters. The van der Waals surface area contributed by atoms with Crippen molar-refractivity contribution in [2.75, 3.05) is 0 Å². The maximum absolute atomic E-state index is 11.6. The molecular formula is C3H3F2NO. The van der Waals surface area contributed by atoms with Gasteiger partial charge in [0.2, 0.25) is 0 Å². The Balaban J connectivity index is 2.45. The van der Waals surface area contributed by atoms with Gasteiger partial charge >= 0.3 is 0 Å². The highest BCUT2D eigenvalue weighted by atomic mass is 19.2. The highest BCUT2D eigenvalue weighted by Gasteiger charge is 2.23. The van der Waals surface area contributed by atoms with Crippen LogP contribution in [-0.2, 0) is 4.74 Å². The lowest BCUT2D eigenvalue weighted by molar-refractivity contribution is 0.0176. The minimum Gasteiger partial charge on any atom is -0.445 e. The molecule has 1 aliphatic rings. The SMILES string of the molecule is FC1N=COC1F. The second-order valence-corrected chi connectivity index (χ2v) is 1.11. The lowest BCUT2D eigenvalue weighted by Gasteiger charge is -1.95. The molecule has 0 aromatic rings. The molecule has 1 heterocycles. The van der Waals surface area contributed by atoms with Crippen molar-refractivity contribution in [3.8, 4) is 0 Å². The first-order valence-electron chi connectivity index (χ1n) is 1.76. The fourth-order valence-electron chi connectivity index (χ4n) is 0.284. The standard InChI is InChI=1S/C3H3F2NO/c4-2-3(5)7-1-6-2/h1-3H. The summed E-state index contributed by atoms with van der Waals surface area (Å²) < 4.78 is 27.1. The largest absolute Gasteiger partial charge is 0.445 e. The van der Waals surface area contributed by atoms with E-state index in [1.165, 1.54) is 0 Å². The number of ether oxygens (including phenoxy) is 1. The van der Waals surface area contributed by atoms with E-state index in [-0.39, 0.29) is 0 Å². The molecule has 0 amide bonds. The average molecular weight is 107 g/mol. The van der Waals surface area contributed by atoms with Crippen molar-refractivity contribution in [2.45, 2.75) is 12.7 Å². The number of halogens is 2. The highest BCUT2D eigenvalue weighted by Crippen LogP contribution is 2.10. The lowest BCUT2D eigenvalue weighted by atomic mass is 10.6. The molecule has 0 aliphatic carbocycles. The third-order valence-corrected chi connectivity index (χ3v) is 0.610. The van der Waals surface area contributed by atoms with E-state index in [9.17, 15) is 8.78 Å². The Bertz CT molecular complexity index is 94.9. The molecule has 0 aromatic heterocycles. The van der Waals surface area contributed by atoms with Gasteiger partial charge in [-0.1, -0.05) is 0 Å². The van der Waals surface area contributed by atoms with Gasteiger partial charge < -0.3 is 4.74 Å². The summed E-state index contributed by atoms with van der Waals surface area (Å²) in [5, 5.41) is 0. The molecule has 2 nitrogen and oxygen atoms in total. The predicted octanol–water partition coefficient (Wildman–Crippen LogP) is 0.636. The lowest BCUT2D eigenvalue weighted by Crippen LogP contribution is -2.09. The van der Waals surface area contributed by atoms with Crippen LogP contribution in [0.1, 0.15) is 0 Å². The first-order chi connectivity index (χ1) is 3.30. The van der Waals surface area contributed by atoms with Crippen LogP contribution < -0.4 is 0 Å². The van der Waals surface area contributed by atoms with Crippen molar-refractivity contribution in [2.24, 2.45) is 4.99 Å². The van der Waals surface area contributed by atoms with Gasteiger partial charge in [-0.15, -0.1) is 0 Å². The third kappa shape index (κ3) is 0.679. The molecule has 0 saturated heterocycles. The van der Waals surface area contributed by atoms with Gasteiger partial charge in [0.25, 0.3) is 12.7 Å². The summed E-state index contributed by atoms with van der Waals surface area (Å²) in [6.07, 6.45) is -2.91. The topological polar surface area (TPSA) is 21.6 Å². The zero-order valence-corrected chi connectivity index (χ0v) is 3.34. The quantitative estimate of drug-likeness (QED) is 0.416. The molecule has 0 N–H and O–H groups in total. The summed E-state index contributed by atoms with van der Waals surface area (Å²) in [6, 6.07) is 0. The maximum Gasteiger partial charge on any atom is 0.290 e. The van der Waals surface area contributed by atoms with Crippen LogP contribution in [0.4, 0.5) is 8.78 Å². The third-order valence-electron chi connectivity index (χ3n) is 0.610. The Morgan fingerprint density at radius 1 is 1.57 bits per heavy atom. The molecule has 0 aromatic carbocycles. The Morgan fingerprint density at radius 2 is 2.29 bits per heavy atom. The van der Waals surface area contributed by atoms with Gasteiger partial charge in [0.15, 0.2) is 6.40 Å². The van der Waals surface area contributed by atoms with E-state index in [4.69, 9.17) is 0 Å². The van der Waals surface area contributed by atoms with Crippen LogP contribution in [0.25, 0.3) is 0 Å². The van der Waals surface area contributed by atoms with Crippen molar-refractivity contribution in [3.63, 3.8) is 0 Å². The number of hydrogen-bond acceptors (Lipinski definition) is 2. The molecule has 1 aliphatic heterocycles. The molecule has 0 saturated carbocycles. The van der Waals surface area contributed by atoms with Crippen LogP contribution in [0.3, 0.4) is 0 Å². The van der Waals surface area contributed by atoms with Crippen LogP contribution in [0.5, 0.6) is 0 Å². The van der Waals surface area contributed by atoms with Gasteiger partial charge in [-0.25, -0.2) is 9.38 Å². The Labute approximate surface area is 38.8 Å². The highest BCUT2D eigenvalue weighted by molar-refractivity contribution is 5.48. The van der Waals surface area contributed by atoms with E-state index in [0.29, 0.717) is 0 Å². The number of hydrogen-bond donors (Lipinski definition) is 0. The molecular weight excluding hydrogens is 104 g/mol. The van der Waals surface area contributed by atoms with Gasteiger partial charge in [0.05, 0.1) is 0 Å². The monoisotopic (exact) mass is 107 g/mol. The molecule has 0 radical (unpaired) electrons. The maximum atomic E-state index is 11.6. The zero-order chi connectivity index (χ0) is 5.28. The van der Waals surface area contributed by atoms with Gasteiger partial charge in [0.1, 0.15) is 0 Å². The molecule has 0 bridgehead atoms. The zero-order valence-electron chi connectivity index (χ0n) is 3.34. The van der Waals surface area contributed by atoms with Crippen molar-refractivity contribution >= 4 is 6.40 Å². The van der Waals surface area contributed by atoms with E-state index in [0.717, 1.165) is 6.40 Å². The van der Waals surface area contributed by atoms with E-state index >= 15 is 0 Å². The van der Waals surface area contributed by atoms with Crippen molar-refractivity contribution < 1.29 is 13.5 Å². The Morgan fingerprint density at radius 3 is 2.43 bits per heavy atom. The smallest absolute Gasteiger partial charge is 0.290 e. The molecule has 40 valence electrons. The van der Waals surface area contributed by atoms with Gasteiger partial charge in [-0.05, 0) is 0 Å². The number of aliphatic imine (C=N–C) groups is 1. The van der Waals surface area contributed by atoms with E-state index in [1.807, 2.05) is 0 Å². The molecule has 4 heteroatoms. The van der Waals surface area contributed by atoms with Crippen LogP contribution in [0.15, 0.2) is 4.99 Å². The summed E-state index contributed by atoms with van der Waals surface area (Å²) in [4.78, 5) is 2.93. The van der Waals surface area contributed by atoms with Crippen LogP contribution in [0, 0.1) is 0 Å². The summed E-state index contributed by atoms with van der Waals surface area (Å²) in [5.74, 6) is 0. The van der Waals surface area contributed by atoms with Crippen LogP contribution in [-0.4, -0.2) is 19.1 Å². The van der Waals surface area contributed by atoms with Gasteiger partial charge in [0, 0.05) is 0 Å². The average Bonchev–Trinajstić information content (AvgIpc) is 1.91. The molecule has 0 spiro atoms. The number of nitrogens with zero attached hydrogens (tertiary/aromatic N) is 1. The normalized spacial score (nSPS) is 38.6. The number of rotatable bonds is 0. The fourth-order valence-corrected chi connectivity index (χ4v) is 0.284. The minimum atomic E-state index is -1.88. The van der Waals surface area contributed by atoms with Gasteiger partial charge in [-0.3, -0.25) is 0 Å². The first-order valence-corrected chi connectivity index (χ1v) is 1.76. The summed E-state index contributed by atoms with van der Waals surface area (Å²) in [6.45, 7) is 0. The second kappa shape index (κ2) is 1.44. The predicted molar refractivity (Wildman–Crippen MR) is 19.4 cm³/mol. The summed E-state index contributed by atoms with van der Waals surface area (Å²) in [5.41, 5.74) is 0. The molecule has 1 rings (SSSR count).